The van der Waals surface area contributed by atoms with Crippen molar-refractivity contribution in [3.63, 3.8) is 0 Å². The molecule has 7 nitrogen and oxygen atoms in total. The van der Waals surface area contributed by atoms with Crippen LogP contribution >= 0.6 is 12.4 Å². The average molecular weight is 401 g/mol. The van der Waals surface area contributed by atoms with Gasteiger partial charge in [0.2, 0.25) is 0 Å². The largest absolute Gasteiger partial charge is 0.477 e. The first-order valence-electron chi connectivity index (χ1n) is 8.87. The van der Waals surface area contributed by atoms with Gasteiger partial charge in [-0.15, -0.1) is 12.4 Å². The number of hydrogen-bond donors (Lipinski definition) is 3. The van der Waals surface area contributed by atoms with Gasteiger partial charge in [0.15, 0.2) is 0 Å². The first-order chi connectivity index (χ1) is 13.0. The number of H-pyrrole nitrogens is 1. The first-order valence-corrected chi connectivity index (χ1v) is 8.87. The number of rotatable bonds is 4. The maximum atomic E-state index is 12.2. The van der Waals surface area contributed by atoms with Gasteiger partial charge in [0.05, 0.1) is 17.9 Å². The van der Waals surface area contributed by atoms with Gasteiger partial charge in [-0.1, -0.05) is 13.0 Å². The number of aromatic carboxylic acids is 1. The number of benzene rings is 1. The number of carbonyl (C=O) groups is 1. The summed E-state index contributed by atoms with van der Waals surface area (Å²) in [5.74, 6) is -0.325. The number of amidine groups is 1. The zero-order valence-corrected chi connectivity index (χ0v) is 16.4. The van der Waals surface area contributed by atoms with Crippen molar-refractivity contribution in [1.82, 2.24) is 14.9 Å². The van der Waals surface area contributed by atoms with Gasteiger partial charge in [-0.05, 0) is 41.8 Å². The van der Waals surface area contributed by atoms with Crippen LogP contribution in [-0.2, 0) is 13.5 Å². The predicted octanol–water partition coefficient (Wildman–Crippen LogP) is 2.57. The third kappa shape index (κ3) is 3.18. The number of aromatic amines is 1. The molecule has 28 heavy (non-hydrogen) atoms. The van der Waals surface area contributed by atoms with E-state index in [2.05, 4.69) is 25.9 Å². The van der Waals surface area contributed by atoms with Crippen molar-refractivity contribution < 1.29 is 9.90 Å². The van der Waals surface area contributed by atoms with Crippen molar-refractivity contribution in [2.45, 2.75) is 13.3 Å². The van der Waals surface area contributed by atoms with Crippen LogP contribution in [0.4, 0.5) is 0 Å². The fourth-order valence-electron chi connectivity index (χ4n) is 3.57. The summed E-state index contributed by atoms with van der Waals surface area (Å²) >= 11 is 0. The molecule has 0 spiro atoms. The van der Waals surface area contributed by atoms with Crippen LogP contribution in [0.5, 0.6) is 0 Å². The molecule has 0 atom stereocenters. The minimum atomic E-state index is -1.22. The highest BCUT2D eigenvalue weighted by Crippen LogP contribution is 2.28. The van der Waals surface area contributed by atoms with Crippen molar-refractivity contribution in [3.05, 3.63) is 57.5 Å². The van der Waals surface area contributed by atoms with Gasteiger partial charge in [-0.25, -0.2) is 4.79 Å². The van der Waals surface area contributed by atoms with Crippen LogP contribution in [0.2, 0.25) is 0 Å². The number of aromatic nitrogens is 2. The second kappa shape index (κ2) is 7.52. The molecule has 1 aromatic carbocycles. The molecule has 0 aliphatic carbocycles. The summed E-state index contributed by atoms with van der Waals surface area (Å²) in [5.41, 5.74) is 3.57. The Hall–Kier alpha value is -3.06. The number of aryl methyl sites for hydroxylation is 2. The molecule has 0 radical (unpaired) electrons. The second-order valence-corrected chi connectivity index (χ2v) is 6.59. The van der Waals surface area contributed by atoms with E-state index in [0.717, 1.165) is 46.6 Å². The summed E-state index contributed by atoms with van der Waals surface area (Å²) in [6.07, 6.45) is 0.616. The number of carboxylic acid groups (broad SMARTS) is 1. The zero-order valence-electron chi connectivity index (χ0n) is 15.6. The summed E-state index contributed by atoms with van der Waals surface area (Å²) in [6.45, 7) is 3.56. The Morgan fingerprint density at radius 1 is 1.29 bits per heavy atom. The van der Waals surface area contributed by atoms with E-state index in [0.29, 0.717) is 12.1 Å². The molecule has 3 heterocycles. The lowest BCUT2D eigenvalue weighted by Crippen LogP contribution is -2.21. The number of aliphatic imine (C=N–C) groups is 1. The maximum Gasteiger partial charge on any atom is 0.341 e. The quantitative estimate of drug-likeness (QED) is 0.626. The molecular formula is C20H21ClN4O3. The first kappa shape index (κ1) is 19.7. The molecule has 8 heteroatoms. The maximum absolute atomic E-state index is 12.2. The Morgan fingerprint density at radius 3 is 2.71 bits per heavy atom. The van der Waals surface area contributed by atoms with Gasteiger partial charge in [-0.3, -0.25) is 9.79 Å². The number of halogens is 1. The zero-order chi connectivity index (χ0) is 19.1. The molecule has 0 amide bonds. The third-order valence-corrected chi connectivity index (χ3v) is 4.98. The molecule has 146 valence electrons. The molecule has 3 N–H and O–H groups in total. The van der Waals surface area contributed by atoms with Crippen LogP contribution in [0.3, 0.4) is 0 Å². The molecule has 0 fully saturated rings. The van der Waals surface area contributed by atoms with Crippen molar-refractivity contribution >= 4 is 35.1 Å². The van der Waals surface area contributed by atoms with Crippen LogP contribution in [-0.4, -0.2) is 39.6 Å². The highest BCUT2D eigenvalue weighted by atomic mass is 35.5. The molecule has 3 aromatic rings. The van der Waals surface area contributed by atoms with E-state index in [9.17, 15) is 14.7 Å². The Kier molecular flexibility index (Phi) is 5.29. The molecule has 4 rings (SSSR count). The summed E-state index contributed by atoms with van der Waals surface area (Å²) in [4.78, 5) is 30.6. The molecule has 2 aromatic heterocycles. The molecule has 0 saturated carbocycles. The van der Waals surface area contributed by atoms with Crippen LogP contribution in [0.15, 0.2) is 40.1 Å². The lowest BCUT2D eigenvalue weighted by Gasteiger charge is -2.10. The fraction of sp³-hybridized carbons (Fsp3) is 0.250. The lowest BCUT2D eigenvalue weighted by atomic mass is 10.0. The number of carboxylic acids is 1. The number of nitrogens with zero attached hydrogens (tertiary/aromatic N) is 2. The summed E-state index contributed by atoms with van der Waals surface area (Å²) < 4.78 is 2.09. The van der Waals surface area contributed by atoms with E-state index in [4.69, 9.17) is 0 Å². The van der Waals surface area contributed by atoms with E-state index in [-0.39, 0.29) is 18.0 Å². The molecular weight excluding hydrogens is 380 g/mol. The number of hydrogen-bond acceptors (Lipinski definition) is 4. The smallest absolute Gasteiger partial charge is 0.341 e. The lowest BCUT2D eigenvalue weighted by molar-refractivity contribution is 0.0695. The third-order valence-electron chi connectivity index (χ3n) is 4.98. The van der Waals surface area contributed by atoms with Crippen LogP contribution in [0.1, 0.15) is 28.5 Å². The minimum absolute atomic E-state index is 0. The van der Waals surface area contributed by atoms with Gasteiger partial charge in [0, 0.05) is 24.5 Å². The normalized spacial score (nSPS) is 13.1. The minimum Gasteiger partial charge on any atom is -0.477 e. The van der Waals surface area contributed by atoms with E-state index in [1.54, 1.807) is 0 Å². The van der Waals surface area contributed by atoms with Gasteiger partial charge in [-0.2, -0.15) is 0 Å². The Labute approximate surface area is 167 Å². The van der Waals surface area contributed by atoms with Gasteiger partial charge in [0.1, 0.15) is 11.4 Å². The van der Waals surface area contributed by atoms with Crippen LogP contribution < -0.4 is 10.9 Å². The van der Waals surface area contributed by atoms with E-state index in [1.165, 1.54) is 6.07 Å². The monoisotopic (exact) mass is 400 g/mol. The Morgan fingerprint density at radius 2 is 2.07 bits per heavy atom. The molecule has 0 saturated heterocycles. The van der Waals surface area contributed by atoms with Gasteiger partial charge >= 0.3 is 5.97 Å². The van der Waals surface area contributed by atoms with Crippen molar-refractivity contribution in [2.24, 2.45) is 12.0 Å². The fourth-order valence-corrected chi connectivity index (χ4v) is 3.57. The van der Waals surface area contributed by atoms with E-state index < -0.39 is 11.5 Å². The van der Waals surface area contributed by atoms with Crippen LogP contribution in [0, 0.1) is 0 Å². The molecule has 1 aliphatic heterocycles. The Balaban J connectivity index is 0.00000225. The number of fused-ring (bicyclic) bond motifs is 1. The van der Waals surface area contributed by atoms with Gasteiger partial charge < -0.3 is 20.0 Å². The van der Waals surface area contributed by atoms with E-state index in [1.807, 2.05) is 32.2 Å². The molecule has 0 unspecified atom stereocenters. The predicted molar refractivity (Wildman–Crippen MR) is 112 cm³/mol. The average Bonchev–Trinajstić information content (AvgIpc) is 3.29. The standard InChI is InChI=1S/C20H20N4O3.ClH/c1-3-11-9-14(20(26)27)19(25)23-17(11)12-4-5-15-13(8-12)10-16(24(15)2)18-21-6-7-22-18;/h4-5,8-10H,3,6-7H2,1-2H3,(H,21,22)(H,23,25)(H,26,27);1H. The van der Waals surface area contributed by atoms with Crippen molar-refractivity contribution in [1.29, 1.82) is 0 Å². The van der Waals surface area contributed by atoms with Gasteiger partial charge in [0.25, 0.3) is 5.56 Å². The summed E-state index contributed by atoms with van der Waals surface area (Å²) in [7, 11) is 2.00. The Bertz CT molecular complexity index is 1160. The second-order valence-electron chi connectivity index (χ2n) is 6.59. The van der Waals surface area contributed by atoms with Crippen LogP contribution in [0.25, 0.3) is 22.2 Å². The topological polar surface area (TPSA) is 99.5 Å². The van der Waals surface area contributed by atoms with Crippen molar-refractivity contribution in [2.75, 3.05) is 13.1 Å². The highest BCUT2D eigenvalue weighted by molar-refractivity contribution is 6.03. The highest BCUT2D eigenvalue weighted by Gasteiger charge is 2.17. The summed E-state index contributed by atoms with van der Waals surface area (Å²) in [6, 6.07) is 9.51. The SMILES string of the molecule is CCc1cc(C(=O)O)c(=O)[nH]c1-c1ccc2c(c1)cc(C1=NCCN1)n2C.Cl. The number of nitrogens with one attached hydrogen (secondary N) is 2. The number of pyridine rings is 1. The molecule has 0 bridgehead atoms. The van der Waals surface area contributed by atoms with E-state index >= 15 is 0 Å². The molecule has 1 aliphatic rings. The van der Waals surface area contributed by atoms with Crippen molar-refractivity contribution in [3.8, 4) is 11.3 Å². The summed E-state index contributed by atoms with van der Waals surface area (Å²) in [5, 5.41) is 13.5.